The number of imidazole rings is 1. The molecule has 0 unspecified atom stereocenters. The molecule has 1 saturated carbocycles. The first kappa shape index (κ1) is 10.1. The van der Waals surface area contributed by atoms with E-state index in [2.05, 4.69) is 9.55 Å². The number of nitrogens with zero attached hydrogens (tertiary/aromatic N) is 2. The minimum atomic E-state index is 0.589. The summed E-state index contributed by atoms with van der Waals surface area (Å²) in [6, 6.07) is 6.48. The van der Waals surface area contributed by atoms with Crippen LogP contribution in [-0.4, -0.2) is 16.1 Å². The minimum absolute atomic E-state index is 0.589. The Morgan fingerprint density at radius 3 is 2.94 bits per heavy atom. The Kier molecular flexibility index (Phi) is 2.37. The number of nitrogens with two attached hydrogens (primary N) is 1. The first-order chi connectivity index (χ1) is 7.81. The second-order valence-corrected chi connectivity index (χ2v) is 4.68. The van der Waals surface area contributed by atoms with Gasteiger partial charge >= 0.3 is 0 Å². The van der Waals surface area contributed by atoms with Crippen LogP contribution in [-0.2, 0) is 6.42 Å². The van der Waals surface area contributed by atoms with Crippen LogP contribution < -0.4 is 5.73 Å². The van der Waals surface area contributed by atoms with Gasteiger partial charge in [-0.1, -0.05) is 17.7 Å². The molecule has 16 heavy (non-hydrogen) atoms. The smallest absolute Gasteiger partial charge is 0.111 e. The summed E-state index contributed by atoms with van der Waals surface area (Å²) >= 11 is 6.26. The molecule has 2 N–H and O–H groups in total. The molecule has 1 aromatic heterocycles. The van der Waals surface area contributed by atoms with Gasteiger partial charge < -0.3 is 10.3 Å². The lowest BCUT2D eigenvalue weighted by Gasteiger charge is -2.07. The largest absolute Gasteiger partial charge is 0.330 e. The molecule has 1 aliphatic rings. The standard InChI is InChI=1S/C12H14ClN3/c13-9-2-1-3-10-12(9)16(8-4-5-8)11(15-10)6-7-14/h1-3,8H,4-7,14H2. The molecular weight excluding hydrogens is 222 g/mol. The monoisotopic (exact) mass is 235 g/mol. The van der Waals surface area contributed by atoms with Gasteiger partial charge in [-0.15, -0.1) is 0 Å². The number of para-hydroxylation sites is 1. The van der Waals surface area contributed by atoms with Crippen LogP contribution in [0.25, 0.3) is 11.0 Å². The maximum atomic E-state index is 6.26. The lowest BCUT2D eigenvalue weighted by Crippen LogP contribution is -2.09. The highest BCUT2D eigenvalue weighted by atomic mass is 35.5. The molecule has 0 radical (unpaired) electrons. The zero-order valence-electron chi connectivity index (χ0n) is 8.99. The van der Waals surface area contributed by atoms with Crippen LogP contribution >= 0.6 is 11.6 Å². The molecule has 84 valence electrons. The van der Waals surface area contributed by atoms with E-state index in [1.807, 2.05) is 18.2 Å². The van der Waals surface area contributed by atoms with Gasteiger partial charge in [0.15, 0.2) is 0 Å². The predicted octanol–water partition coefficient (Wildman–Crippen LogP) is 2.53. The lowest BCUT2D eigenvalue weighted by atomic mass is 10.3. The Morgan fingerprint density at radius 1 is 1.44 bits per heavy atom. The van der Waals surface area contributed by atoms with E-state index in [-0.39, 0.29) is 0 Å². The molecule has 3 nitrogen and oxygen atoms in total. The molecule has 0 atom stereocenters. The van der Waals surface area contributed by atoms with Crippen molar-refractivity contribution in [2.45, 2.75) is 25.3 Å². The quantitative estimate of drug-likeness (QED) is 0.889. The maximum absolute atomic E-state index is 6.26. The van der Waals surface area contributed by atoms with Gasteiger partial charge in [0.2, 0.25) is 0 Å². The third-order valence-corrected chi connectivity index (χ3v) is 3.32. The first-order valence-electron chi connectivity index (χ1n) is 5.66. The van der Waals surface area contributed by atoms with Crippen molar-refractivity contribution >= 4 is 22.6 Å². The Morgan fingerprint density at radius 2 is 2.25 bits per heavy atom. The fraction of sp³-hybridized carbons (Fsp3) is 0.417. The van der Waals surface area contributed by atoms with Gasteiger partial charge in [0.25, 0.3) is 0 Å². The van der Waals surface area contributed by atoms with Crippen molar-refractivity contribution in [3.8, 4) is 0 Å². The zero-order valence-corrected chi connectivity index (χ0v) is 9.74. The number of benzene rings is 1. The van der Waals surface area contributed by atoms with Gasteiger partial charge in [0.05, 0.1) is 16.1 Å². The van der Waals surface area contributed by atoms with Crippen LogP contribution in [0.1, 0.15) is 24.7 Å². The Balaban J connectivity index is 2.25. The highest BCUT2D eigenvalue weighted by Gasteiger charge is 2.28. The summed E-state index contributed by atoms with van der Waals surface area (Å²) < 4.78 is 2.28. The van der Waals surface area contributed by atoms with Crippen molar-refractivity contribution in [2.75, 3.05) is 6.54 Å². The van der Waals surface area contributed by atoms with E-state index < -0.39 is 0 Å². The Labute approximate surface area is 99.2 Å². The highest BCUT2D eigenvalue weighted by Crippen LogP contribution is 2.40. The average Bonchev–Trinajstić information content (AvgIpc) is 3.02. The van der Waals surface area contributed by atoms with E-state index in [9.17, 15) is 0 Å². The maximum Gasteiger partial charge on any atom is 0.111 e. The summed E-state index contributed by atoms with van der Waals surface area (Å²) in [6.07, 6.45) is 3.28. The van der Waals surface area contributed by atoms with Crippen LogP contribution in [0.4, 0.5) is 0 Å². The molecule has 1 heterocycles. The molecule has 0 amide bonds. The summed E-state index contributed by atoms with van der Waals surface area (Å²) in [6.45, 7) is 0.633. The SMILES string of the molecule is NCCc1nc2cccc(Cl)c2n1C1CC1. The third-order valence-electron chi connectivity index (χ3n) is 3.01. The molecule has 0 spiro atoms. The number of hydrogen-bond donors (Lipinski definition) is 1. The predicted molar refractivity (Wildman–Crippen MR) is 65.8 cm³/mol. The lowest BCUT2D eigenvalue weighted by molar-refractivity contribution is 0.696. The van der Waals surface area contributed by atoms with Crippen molar-refractivity contribution in [1.82, 2.24) is 9.55 Å². The van der Waals surface area contributed by atoms with Crippen LogP contribution in [0.2, 0.25) is 5.02 Å². The summed E-state index contributed by atoms with van der Waals surface area (Å²) in [5.74, 6) is 1.08. The minimum Gasteiger partial charge on any atom is -0.330 e. The molecule has 0 aliphatic heterocycles. The second kappa shape index (κ2) is 3.75. The fourth-order valence-corrected chi connectivity index (χ4v) is 2.45. The van der Waals surface area contributed by atoms with E-state index in [0.717, 1.165) is 28.3 Å². The number of hydrogen-bond acceptors (Lipinski definition) is 2. The summed E-state index contributed by atoms with van der Waals surface area (Å²) in [5.41, 5.74) is 7.69. The van der Waals surface area contributed by atoms with Crippen molar-refractivity contribution < 1.29 is 0 Å². The highest BCUT2D eigenvalue weighted by molar-refractivity contribution is 6.35. The summed E-state index contributed by atoms with van der Waals surface area (Å²) in [5, 5.41) is 0.792. The fourth-order valence-electron chi connectivity index (χ4n) is 2.19. The van der Waals surface area contributed by atoms with Crippen molar-refractivity contribution in [1.29, 1.82) is 0 Å². The van der Waals surface area contributed by atoms with Crippen LogP contribution in [0.3, 0.4) is 0 Å². The van der Waals surface area contributed by atoms with Crippen molar-refractivity contribution in [2.24, 2.45) is 5.73 Å². The van der Waals surface area contributed by atoms with E-state index >= 15 is 0 Å². The second-order valence-electron chi connectivity index (χ2n) is 4.28. The molecule has 0 saturated heterocycles. The normalized spacial score (nSPS) is 15.9. The van der Waals surface area contributed by atoms with E-state index in [1.54, 1.807) is 0 Å². The molecule has 1 aliphatic carbocycles. The molecule has 1 fully saturated rings. The molecule has 4 heteroatoms. The van der Waals surface area contributed by atoms with Crippen LogP contribution in [0.15, 0.2) is 18.2 Å². The molecule has 2 aromatic rings. The van der Waals surface area contributed by atoms with Crippen LogP contribution in [0.5, 0.6) is 0 Å². The van der Waals surface area contributed by atoms with Gasteiger partial charge in [-0.05, 0) is 31.5 Å². The average molecular weight is 236 g/mol. The Bertz CT molecular complexity index is 528. The first-order valence-corrected chi connectivity index (χ1v) is 6.04. The van der Waals surface area contributed by atoms with E-state index in [1.165, 1.54) is 12.8 Å². The zero-order chi connectivity index (χ0) is 11.1. The van der Waals surface area contributed by atoms with Crippen molar-refractivity contribution in [3.63, 3.8) is 0 Å². The van der Waals surface area contributed by atoms with Gasteiger partial charge in [0, 0.05) is 12.5 Å². The van der Waals surface area contributed by atoms with Gasteiger partial charge in [-0.25, -0.2) is 4.98 Å². The van der Waals surface area contributed by atoms with Crippen LogP contribution in [0, 0.1) is 0 Å². The van der Waals surface area contributed by atoms with E-state index in [0.29, 0.717) is 12.6 Å². The molecule has 1 aromatic carbocycles. The van der Waals surface area contributed by atoms with Crippen molar-refractivity contribution in [3.05, 3.63) is 29.0 Å². The number of halogens is 1. The molecule has 0 bridgehead atoms. The van der Waals surface area contributed by atoms with Gasteiger partial charge in [0.1, 0.15) is 5.82 Å². The molecular formula is C12H14ClN3. The Hall–Kier alpha value is -1.06. The van der Waals surface area contributed by atoms with Gasteiger partial charge in [-0.3, -0.25) is 0 Å². The number of aromatic nitrogens is 2. The third kappa shape index (κ3) is 1.51. The number of rotatable bonds is 3. The topological polar surface area (TPSA) is 43.8 Å². The summed E-state index contributed by atoms with van der Waals surface area (Å²) in [4.78, 5) is 4.62. The number of fused-ring (bicyclic) bond motifs is 1. The summed E-state index contributed by atoms with van der Waals surface area (Å²) in [7, 11) is 0. The van der Waals surface area contributed by atoms with Gasteiger partial charge in [-0.2, -0.15) is 0 Å². The molecule has 3 rings (SSSR count). The van der Waals surface area contributed by atoms with E-state index in [4.69, 9.17) is 17.3 Å².